The van der Waals surface area contributed by atoms with Gasteiger partial charge in [0.05, 0.1) is 5.52 Å². The number of benzene rings is 1. The zero-order valence-electron chi connectivity index (χ0n) is 12.1. The Bertz CT molecular complexity index is 625. The highest BCUT2D eigenvalue weighted by Gasteiger charge is 2.24. The minimum absolute atomic E-state index is 0.355. The molecule has 0 spiro atoms. The Hall–Kier alpha value is -1.88. The summed E-state index contributed by atoms with van der Waals surface area (Å²) >= 11 is 0. The Kier molecular flexibility index (Phi) is 3.44. The van der Waals surface area contributed by atoms with Gasteiger partial charge in [0.1, 0.15) is 5.82 Å². The molecule has 0 bridgehead atoms. The number of aryl methyl sites for hydroxylation is 1. The molecule has 5 nitrogen and oxygen atoms in total. The van der Waals surface area contributed by atoms with Crippen molar-refractivity contribution in [2.24, 2.45) is 0 Å². The van der Waals surface area contributed by atoms with Gasteiger partial charge in [0, 0.05) is 24.5 Å². The van der Waals surface area contributed by atoms with Crippen LogP contribution in [0.5, 0.6) is 0 Å². The summed E-state index contributed by atoms with van der Waals surface area (Å²) in [5, 5.41) is 4.42. The number of likely N-dealkylation sites (N-methyl/N-ethyl adjacent to an activating group) is 1. The smallest absolute Gasteiger partial charge is 0.222 e. The lowest BCUT2D eigenvalue weighted by molar-refractivity contribution is 0.616. The van der Waals surface area contributed by atoms with Crippen LogP contribution in [0.15, 0.2) is 18.2 Å². The average molecular weight is 271 g/mol. The average Bonchev–Trinajstić information content (AvgIpc) is 2.94. The van der Waals surface area contributed by atoms with Gasteiger partial charge in [0.2, 0.25) is 5.95 Å². The fraction of sp³-hybridized carbons (Fsp3) is 0.467. The predicted molar refractivity (Wildman–Crippen MR) is 83.0 cm³/mol. The normalized spacial score (nSPS) is 18.9. The zero-order valence-corrected chi connectivity index (χ0v) is 12.1. The lowest BCUT2D eigenvalue weighted by Crippen LogP contribution is -2.30. The highest BCUT2D eigenvalue weighted by atomic mass is 15.2. The summed E-state index contributed by atoms with van der Waals surface area (Å²) in [6, 6.07) is 6.91. The minimum Gasteiger partial charge on any atom is -0.368 e. The third kappa shape index (κ3) is 2.29. The van der Waals surface area contributed by atoms with E-state index in [1.165, 1.54) is 5.56 Å². The Labute approximate surface area is 119 Å². The van der Waals surface area contributed by atoms with Crippen molar-refractivity contribution < 1.29 is 0 Å². The third-order valence-electron chi connectivity index (χ3n) is 4.06. The first-order valence-corrected chi connectivity index (χ1v) is 7.19. The van der Waals surface area contributed by atoms with Crippen molar-refractivity contribution in [3.63, 3.8) is 0 Å². The molecule has 1 aliphatic heterocycles. The fourth-order valence-electron chi connectivity index (χ4n) is 2.83. The van der Waals surface area contributed by atoms with Crippen molar-refractivity contribution in [2.45, 2.75) is 25.8 Å². The molecule has 0 radical (unpaired) electrons. The van der Waals surface area contributed by atoms with Crippen LogP contribution in [-0.4, -0.2) is 36.1 Å². The van der Waals surface area contributed by atoms with E-state index in [2.05, 4.69) is 45.3 Å². The largest absolute Gasteiger partial charge is 0.368 e. The standard InChI is InChI=1S/C15H21N5/c1-3-10-4-5-12-13(8-10)18-15(16)19-14(12)20-7-6-11(9-20)17-2/h4-5,8,11,17H,3,6-7,9H2,1-2H3,(H2,16,18,19)/t11-/m1/s1. The number of aromatic nitrogens is 2. The molecule has 1 aromatic carbocycles. The van der Waals surface area contributed by atoms with Crippen molar-refractivity contribution in [1.82, 2.24) is 15.3 Å². The Balaban J connectivity index is 2.06. The second-order valence-electron chi connectivity index (χ2n) is 5.33. The third-order valence-corrected chi connectivity index (χ3v) is 4.06. The molecule has 3 N–H and O–H groups in total. The molecular weight excluding hydrogens is 250 g/mol. The van der Waals surface area contributed by atoms with E-state index < -0.39 is 0 Å². The van der Waals surface area contributed by atoms with E-state index in [1.54, 1.807) is 0 Å². The van der Waals surface area contributed by atoms with Gasteiger partial charge >= 0.3 is 0 Å². The molecule has 2 aromatic rings. The number of rotatable bonds is 3. The molecule has 3 rings (SSSR count). The number of nitrogens with zero attached hydrogens (tertiary/aromatic N) is 3. The summed E-state index contributed by atoms with van der Waals surface area (Å²) in [5.74, 6) is 1.32. The van der Waals surface area contributed by atoms with Gasteiger partial charge in [-0.3, -0.25) is 0 Å². The zero-order chi connectivity index (χ0) is 14.1. The highest BCUT2D eigenvalue weighted by molar-refractivity contribution is 5.91. The van der Waals surface area contributed by atoms with E-state index in [-0.39, 0.29) is 0 Å². The number of fused-ring (bicyclic) bond motifs is 1. The van der Waals surface area contributed by atoms with Gasteiger partial charge < -0.3 is 16.0 Å². The summed E-state index contributed by atoms with van der Waals surface area (Å²) in [4.78, 5) is 11.2. The molecule has 1 saturated heterocycles. The maximum Gasteiger partial charge on any atom is 0.222 e. The Morgan fingerprint density at radius 2 is 2.25 bits per heavy atom. The van der Waals surface area contributed by atoms with Crippen molar-refractivity contribution in [3.8, 4) is 0 Å². The van der Waals surface area contributed by atoms with E-state index in [4.69, 9.17) is 5.73 Å². The Morgan fingerprint density at radius 3 is 2.95 bits per heavy atom. The topological polar surface area (TPSA) is 67.1 Å². The molecule has 20 heavy (non-hydrogen) atoms. The van der Waals surface area contributed by atoms with Crippen LogP contribution in [-0.2, 0) is 6.42 Å². The van der Waals surface area contributed by atoms with Crippen molar-refractivity contribution in [3.05, 3.63) is 23.8 Å². The molecule has 1 atom stereocenters. The van der Waals surface area contributed by atoms with Crippen molar-refractivity contribution >= 4 is 22.7 Å². The summed E-state index contributed by atoms with van der Waals surface area (Å²) < 4.78 is 0. The van der Waals surface area contributed by atoms with Crippen LogP contribution in [0.25, 0.3) is 10.9 Å². The van der Waals surface area contributed by atoms with Crippen LogP contribution in [0.4, 0.5) is 11.8 Å². The van der Waals surface area contributed by atoms with Gasteiger partial charge in [0.15, 0.2) is 0 Å². The molecule has 0 saturated carbocycles. The monoisotopic (exact) mass is 271 g/mol. The first-order chi connectivity index (χ1) is 9.71. The van der Waals surface area contributed by atoms with Gasteiger partial charge in [-0.2, -0.15) is 4.98 Å². The molecule has 0 unspecified atom stereocenters. The molecular formula is C15H21N5. The second-order valence-corrected chi connectivity index (χ2v) is 5.33. The number of nitrogens with two attached hydrogens (primary N) is 1. The molecule has 0 aliphatic carbocycles. The van der Waals surface area contributed by atoms with E-state index >= 15 is 0 Å². The molecule has 2 heterocycles. The van der Waals surface area contributed by atoms with Crippen LogP contribution < -0.4 is 16.0 Å². The molecule has 1 fully saturated rings. The van der Waals surface area contributed by atoms with E-state index in [9.17, 15) is 0 Å². The van der Waals surface area contributed by atoms with Gasteiger partial charge in [-0.15, -0.1) is 0 Å². The number of nitrogens with one attached hydrogen (secondary N) is 1. The molecule has 0 amide bonds. The Morgan fingerprint density at radius 1 is 1.40 bits per heavy atom. The first kappa shape index (κ1) is 13.1. The number of hydrogen-bond donors (Lipinski definition) is 2. The molecule has 5 heteroatoms. The summed E-state index contributed by atoms with van der Waals surface area (Å²) in [5.41, 5.74) is 8.10. The maximum absolute atomic E-state index is 5.89. The van der Waals surface area contributed by atoms with Crippen LogP contribution in [0, 0.1) is 0 Å². The van der Waals surface area contributed by atoms with Crippen LogP contribution >= 0.6 is 0 Å². The van der Waals surface area contributed by atoms with Gasteiger partial charge in [-0.25, -0.2) is 4.98 Å². The van der Waals surface area contributed by atoms with E-state index in [1.807, 2.05) is 7.05 Å². The second kappa shape index (κ2) is 5.25. The molecule has 1 aliphatic rings. The van der Waals surface area contributed by atoms with Gasteiger partial charge in [-0.1, -0.05) is 13.0 Å². The fourth-order valence-corrected chi connectivity index (χ4v) is 2.83. The van der Waals surface area contributed by atoms with Crippen molar-refractivity contribution in [1.29, 1.82) is 0 Å². The summed E-state index contributed by atoms with van der Waals surface area (Å²) in [7, 11) is 2.01. The molecule has 1 aromatic heterocycles. The maximum atomic E-state index is 5.89. The number of hydrogen-bond acceptors (Lipinski definition) is 5. The van der Waals surface area contributed by atoms with Gasteiger partial charge in [-0.05, 0) is 37.6 Å². The lowest BCUT2D eigenvalue weighted by atomic mass is 10.1. The van der Waals surface area contributed by atoms with Crippen LogP contribution in [0.2, 0.25) is 0 Å². The quantitative estimate of drug-likeness (QED) is 0.887. The van der Waals surface area contributed by atoms with E-state index in [0.29, 0.717) is 12.0 Å². The SMILES string of the molecule is CCc1ccc2c(N3CC[C@@H](NC)C3)nc(N)nc2c1. The summed E-state index contributed by atoms with van der Waals surface area (Å²) in [6.07, 6.45) is 2.13. The van der Waals surface area contributed by atoms with Gasteiger partial charge in [0.25, 0.3) is 0 Å². The highest BCUT2D eigenvalue weighted by Crippen LogP contribution is 2.28. The number of anilines is 2. The lowest BCUT2D eigenvalue weighted by Gasteiger charge is -2.19. The van der Waals surface area contributed by atoms with Crippen molar-refractivity contribution in [2.75, 3.05) is 30.8 Å². The number of nitrogen functional groups attached to an aromatic ring is 1. The predicted octanol–water partition coefficient (Wildman–Crippen LogP) is 1.57. The van der Waals surface area contributed by atoms with Crippen LogP contribution in [0.1, 0.15) is 18.9 Å². The first-order valence-electron chi connectivity index (χ1n) is 7.19. The summed E-state index contributed by atoms with van der Waals surface area (Å²) in [6.45, 7) is 4.12. The molecule has 106 valence electrons. The van der Waals surface area contributed by atoms with Crippen LogP contribution in [0.3, 0.4) is 0 Å². The minimum atomic E-state index is 0.355. The van der Waals surface area contributed by atoms with E-state index in [0.717, 1.165) is 42.7 Å².